The van der Waals surface area contributed by atoms with Crippen molar-refractivity contribution in [2.75, 3.05) is 12.8 Å². The van der Waals surface area contributed by atoms with Crippen LogP contribution in [0.2, 0.25) is 0 Å². The summed E-state index contributed by atoms with van der Waals surface area (Å²) in [5, 5.41) is 4.49. The van der Waals surface area contributed by atoms with Gasteiger partial charge in [-0.3, -0.25) is 0 Å². The van der Waals surface area contributed by atoms with Crippen molar-refractivity contribution in [1.82, 2.24) is 14.5 Å². The van der Waals surface area contributed by atoms with Crippen LogP contribution >= 0.6 is 0 Å². The fourth-order valence-electron chi connectivity index (χ4n) is 2.10. The van der Waals surface area contributed by atoms with Gasteiger partial charge in [0.05, 0.1) is 22.0 Å². The molecule has 0 saturated heterocycles. The molecule has 0 amide bonds. The average Bonchev–Trinajstić information content (AvgIpc) is 3.17. The van der Waals surface area contributed by atoms with Gasteiger partial charge in [0.1, 0.15) is 0 Å². The van der Waals surface area contributed by atoms with Gasteiger partial charge in [-0.2, -0.15) is 5.10 Å². The summed E-state index contributed by atoms with van der Waals surface area (Å²) < 4.78 is 27.4. The number of nitrogens with zero attached hydrogens (tertiary/aromatic N) is 2. The molecule has 3 rings (SSSR count). The molecule has 1 saturated carbocycles. The van der Waals surface area contributed by atoms with E-state index in [0.29, 0.717) is 17.3 Å². The lowest BCUT2D eigenvalue weighted by Crippen LogP contribution is -2.19. The van der Waals surface area contributed by atoms with Crippen LogP contribution in [0.1, 0.15) is 24.5 Å². The van der Waals surface area contributed by atoms with E-state index in [4.69, 9.17) is 5.73 Å². The molecular formula is C13H16N4O2S. The van der Waals surface area contributed by atoms with E-state index in [1.807, 2.05) is 12.3 Å². The first-order valence-electron chi connectivity index (χ1n) is 6.40. The molecule has 20 heavy (non-hydrogen) atoms. The number of rotatable bonds is 4. The second-order valence-corrected chi connectivity index (χ2v) is 6.77. The Kier molecular flexibility index (Phi) is 3.02. The molecule has 0 spiro atoms. The van der Waals surface area contributed by atoms with Crippen molar-refractivity contribution in [2.45, 2.75) is 23.7 Å². The van der Waals surface area contributed by atoms with Crippen molar-refractivity contribution < 1.29 is 8.42 Å². The van der Waals surface area contributed by atoms with E-state index in [0.717, 1.165) is 5.69 Å². The Morgan fingerprint density at radius 2 is 2.10 bits per heavy atom. The summed E-state index contributed by atoms with van der Waals surface area (Å²) in [4.78, 5) is 0.149. The quantitative estimate of drug-likeness (QED) is 0.830. The van der Waals surface area contributed by atoms with Gasteiger partial charge in [0, 0.05) is 12.1 Å². The molecule has 1 fully saturated rings. The van der Waals surface area contributed by atoms with Gasteiger partial charge in [-0.15, -0.1) is 0 Å². The summed E-state index contributed by atoms with van der Waals surface area (Å²) in [6, 6.07) is 6.62. The zero-order valence-electron chi connectivity index (χ0n) is 11.1. The van der Waals surface area contributed by atoms with Gasteiger partial charge in [0.15, 0.2) is 0 Å². The lowest BCUT2D eigenvalue weighted by Gasteiger charge is -2.08. The van der Waals surface area contributed by atoms with Crippen molar-refractivity contribution in [2.24, 2.45) is 0 Å². The highest BCUT2D eigenvalue weighted by atomic mass is 32.2. The van der Waals surface area contributed by atoms with Crippen LogP contribution in [0, 0.1) is 0 Å². The Morgan fingerprint density at radius 1 is 1.35 bits per heavy atom. The highest BCUT2D eigenvalue weighted by Gasteiger charge is 2.26. The Labute approximate surface area is 117 Å². The standard InChI is InChI=1S/C13H16N4O2S/c1-15-20(18,19)10-4-5-13(11(14)8-10)17-7-6-12(16-17)9-2-3-9/h4-9,15H,2-3,14H2,1H3. The molecule has 2 aromatic rings. The van der Waals surface area contributed by atoms with Crippen molar-refractivity contribution >= 4 is 15.7 Å². The Balaban J connectivity index is 1.97. The topological polar surface area (TPSA) is 90.0 Å². The zero-order valence-corrected chi connectivity index (χ0v) is 11.9. The lowest BCUT2D eigenvalue weighted by molar-refractivity contribution is 0.588. The van der Waals surface area contributed by atoms with E-state index in [1.165, 1.54) is 32.0 Å². The Bertz CT molecular complexity index is 747. The van der Waals surface area contributed by atoms with Crippen LogP contribution < -0.4 is 10.5 Å². The third-order valence-electron chi connectivity index (χ3n) is 3.43. The normalized spacial score (nSPS) is 15.4. The minimum Gasteiger partial charge on any atom is -0.397 e. The third kappa shape index (κ3) is 2.30. The predicted molar refractivity (Wildman–Crippen MR) is 76.2 cm³/mol. The van der Waals surface area contributed by atoms with Gasteiger partial charge in [-0.1, -0.05) is 0 Å². The smallest absolute Gasteiger partial charge is 0.240 e. The maximum absolute atomic E-state index is 11.7. The highest BCUT2D eigenvalue weighted by Crippen LogP contribution is 2.39. The van der Waals surface area contributed by atoms with E-state index >= 15 is 0 Å². The van der Waals surface area contributed by atoms with Crippen LogP contribution in [0.4, 0.5) is 5.69 Å². The molecule has 106 valence electrons. The van der Waals surface area contributed by atoms with Crippen LogP contribution in [-0.4, -0.2) is 25.2 Å². The lowest BCUT2D eigenvalue weighted by atomic mass is 10.3. The molecule has 1 aliphatic carbocycles. The van der Waals surface area contributed by atoms with E-state index in [9.17, 15) is 8.42 Å². The maximum Gasteiger partial charge on any atom is 0.240 e. The number of aromatic nitrogens is 2. The molecule has 3 N–H and O–H groups in total. The number of nitrogens with two attached hydrogens (primary N) is 1. The molecular weight excluding hydrogens is 276 g/mol. The largest absolute Gasteiger partial charge is 0.397 e. The number of nitrogen functional groups attached to an aromatic ring is 1. The number of anilines is 1. The molecule has 0 aliphatic heterocycles. The van der Waals surface area contributed by atoms with Crippen LogP contribution in [0.5, 0.6) is 0 Å². The number of hydrogen-bond donors (Lipinski definition) is 2. The Morgan fingerprint density at radius 3 is 2.70 bits per heavy atom. The highest BCUT2D eigenvalue weighted by molar-refractivity contribution is 7.89. The predicted octanol–water partition coefficient (Wildman–Crippen LogP) is 1.24. The first kappa shape index (κ1) is 13.1. The van der Waals surface area contributed by atoms with Crippen LogP contribution in [0.15, 0.2) is 35.4 Å². The summed E-state index contributed by atoms with van der Waals surface area (Å²) in [5.41, 5.74) is 8.09. The summed E-state index contributed by atoms with van der Waals surface area (Å²) in [6.07, 6.45) is 4.23. The first-order valence-corrected chi connectivity index (χ1v) is 7.88. The summed E-state index contributed by atoms with van der Waals surface area (Å²) in [5.74, 6) is 0.571. The van der Waals surface area contributed by atoms with Gasteiger partial charge < -0.3 is 5.73 Å². The molecule has 7 heteroatoms. The van der Waals surface area contributed by atoms with E-state index in [2.05, 4.69) is 9.82 Å². The number of sulfonamides is 1. The fraction of sp³-hybridized carbons (Fsp3) is 0.308. The van der Waals surface area contributed by atoms with E-state index < -0.39 is 10.0 Å². The first-order chi connectivity index (χ1) is 9.51. The van der Waals surface area contributed by atoms with Crippen LogP contribution in [-0.2, 0) is 10.0 Å². The second-order valence-electron chi connectivity index (χ2n) is 4.89. The maximum atomic E-state index is 11.7. The second kappa shape index (κ2) is 4.60. The summed E-state index contributed by atoms with van der Waals surface area (Å²) >= 11 is 0. The van der Waals surface area contributed by atoms with Gasteiger partial charge in [-0.25, -0.2) is 17.8 Å². The fourth-order valence-corrected chi connectivity index (χ4v) is 2.86. The monoisotopic (exact) mass is 292 g/mol. The van der Waals surface area contributed by atoms with Crippen molar-refractivity contribution in [3.05, 3.63) is 36.2 Å². The molecule has 1 aromatic heterocycles. The van der Waals surface area contributed by atoms with Crippen molar-refractivity contribution in [3.63, 3.8) is 0 Å². The number of hydrogen-bond acceptors (Lipinski definition) is 4. The minimum absolute atomic E-state index is 0.149. The minimum atomic E-state index is -3.48. The molecule has 6 nitrogen and oxygen atoms in total. The van der Waals surface area contributed by atoms with Crippen molar-refractivity contribution in [1.29, 1.82) is 0 Å². The van der Waals surface area contributed by atoms with Gasteiger partial charge >= 0.3 is 0 Å². The number of benzene rings is 1. The zero-order chi connectivity index (χ0) is 14.3. The summed E-state index contributed by atoms with van der Waals surface area (Å²) in [7, 11) is -2.11. The molecule has 0 bridgehead atoms. The van der Waals surface area contributed by atoms with Gasteiger partial charge in [-0.05, 0) is 44.2 Å². The molecule has 0 unspecified atom stereocenters. The van der Waals surface area contributed by atoms with Gasteiger partial charge in [0.25, 0.3) is 0 Å². The van der Waals surface area contributed by atoms with E-state index in [-0.39, 0.29) is 4.90 Å². The third-order valence-corrected chi connectivity index (χ3v) is 4.84. The van der Waals surface area contributed by atoms with Gasteiger partial charge in [0.2, 0.25) is 10.0 Å². The molecule has 1 aliphatic rings. The molecule has 1 heterocycles. The molecule has 0 radical (unpaired) electrons. The Hall–Kier alpha value is -1.86. The summed E-state index contributed by atoms with van der Waals surface area (Å²) in [6.45, 7) is 0. The number of nitrogens with one attached hydrogen (secondary N) is 1. The van der Waals surface area contributed by atoms with Crippen molar-refractivity contribution in [3.8, 4) is 5.69 Å². The SMILES string of the molecule is CNS(=O)(=O)c1ccc(-n2ccc(C3CC3)n2)c(N)c1. The molecule has 1 aromatic carbocycles. The van der Waals surface area contributed by atoms with Crippen LogP contribution in [0.3, 0.4) is 0 Å². The van der Waals surface area contributed by atoms with E-state index in [1.54, 1.807) is 10.7 Å². The van der Waals surface area contributed by atoms with Crippen LogP contribution in [0.25, 0.3) is 5.69 Å². The molecule has 0 atom stereocenters. The average molecular weight is 292 g/mol.